The van der Waals surface area contributed by atoms with Crippen molar-refractivity contribution in [3.05, 3.63) is 48.5 Å². The molecule has 1 atom stereocenters. The zero-order chi connectivity index (χ0) is 15.5. The van der Waals surface area contributed by atoms with Crippen molar-refractivity contribution in [1.29, 1.82) is 0 Å². The van der Waals surface area contributed by atoms with Crippen molar-refractivity contribution in [3.63, 3.8) is 0 Å². The molecule has 2 fully saturated rings. The number of halogens is 1. The van der Waals surface area contributed by atoms with Crippen LogP contribution in [0.25, 0.3) is 5.69 Å². The van der Waals surface area contributed by atoms with Crippen LogP contribution < -0.4 is 5.32 Å². The summed E-state index contributed by atoms with van der Waals surface area (Å²) in [6.07, 6.45) is 6.95. The highest BCUT2D eigenvalue weighted by Gasteiger charge is 2.28. The maximum absolute atomic E-state index is 4.10. The number of likely N-dealkylation sites (tertiary alicyclic amines) is 1. The molecule has 2 aliphatic rings. The first kappa shape index (κ1) is 17.4. The van der Waals surface area contributed by atoms with Crippen molar-refractivity contribution in [2.45, 2.75) is 19.0 Å². The quantitative estimate of drug-likeness (QED) is 0.914. The molecule has 2 aromatic rings. The predicted octanol–water partition coefficient (Wildman–Crippen LogP) is 1.77. The summed E-state index contributed by atoms with van der Waals surface area (Å²) >= 11 is 0. The molecule has 6 heteroatoms. The van der Waals surface area contributed by atoms with E-state index in [1.165, 1.54) is 43.9 Å². The Morgan fingerprint density at radius 1 is 1.08 bits per heavy atom. The van der Waals surface area contributed by atoms with Gasteiger partial charge in [-0.25, -0.2) is 4.98 Å². The van der Waals surface area contributed by atoms with Gasteiger partial charge in [0.2, 0.25) is 0 Å². The molecule has 130 valence electrons. The van der Waals surface area contributed by atoms with Crippen molar-refractivity contribution >= 4 is 12.4 Å². The van der Waals surface area contributed by atoms with E-state index in [0.29, 0.717) is 0 Å². The van der Waals surface area contributed by atoms with Crippen LogP contribution in [0, 0.1) is 0 Å². The van der Waals surface area contributed by atoms with Gasteiger partial charge in [-0.3, -0.25) is 9.80 Å². The first-order valence-corrected chi connectivity index (χ1v) is 8.63. The molecule has 0 aliphatic carbocycles. The minimum Gasteiger partial charge on any atom is -0.314 e. The van der Waals surface area contributed by atoms with E-state index in [-0.39, 0.29) is 12.4 Å². The SMILES string of the molecule is Cl.c1cn(-c2ccc(CN3CCC(N4CCNCC4)C3)cc2)cn1. The molecule has 0 radical (unpaired) electrons. The second kappa shape index (κ2) is 8.12. The minimum atomic E-state index is 0. The van der Waals surface area contributed by atoms with Crippen LogP contribution in [-0.2, 0) is 6.54 Å². The number of rotatable bonds is 4. The summed E-state index contributed by atoms with van der Waals surface area (Å²) in [6, 6.07) is 9.60. The highest BCUT2D eigenvalue weighted by molar-refractivity contribution is 5.85. The van der Waals surface area contributed by atoms with E-state index in [9.17, 15) is 0 Å². The highest BCUT2D eigenvalue weighted by Crippen LogP contribution is 2.19. The Balaban J connectivity index is 0.00000169. The summed E-state index contributed by atoms with van der Waals surface area (Å²) in [5, 5.41) is 3.44. The highest BCUT2D eigenvalue weighted by atomic mass is 35.5. The van der Waals surface area contributed by atoms with E-state index in [1.54, 1.807) is 0 Å². The maximum Gasteiger partial charge on any atom is 0.0991 e. The number of piperazine rings is 1. The summed E-state index contributed by atoms with van der Waals surface area (Å²) in [5.41, 5.74) is 2.57. The van der Waals surface area contributed by atoms with Crippen molar-refractivity contribution in [1.82, 2.24) is 24.7 Å². The van der Waals surface area contributed by atoms with Gasteiger partial charge in [0, 0.05) is 69.9 Å². The molecule has 0 saturated carbocycles. The maximum atomic E-state index is 4.10. The Bertz CT molecular complexity index is 607. The number of imidazole rings is 1. The van der Waals surface area contributed by atoms with Gasteiger partial charge in [-0.15, -0.1) is 12.4 Å². The first-order valence-electron chi connectivity index (χ1n) is 8.63. The van der Waals surface area contributed by atoms with Gasteiger partial charge in [0.05, 0.1) is 6.33 Å². The summed E-state index contributed by atoms with van der Waals surface area (Å²) in [6.45, 7) is 8.20. The molecule has 4 rings (SSSR count). The van der Waals surface area contributed by atoms with Gasteiger partial charge >= 0.3 is 0 Å². The molecular weight excluding hydrogens is 322 g/mol. The molecule has 3 heterocycles. The summed E-state index contributed by atoms with van der Waals surface area (Å²) in [7, 11) is 0. The fourth-order valence-electron chi connectivity index (χ4n) is 3.74. The van der Waals surface area contributed by atoms with Crippen LogP contribution in [-0.4, -0.2) is 64.7 Å². The summed E-state index contributed by atoms with van der Waals surface area (Å²) in [4.78, 5) is 9.36. The Kier molecular flexibility index (Phi) is 5.89. The molecule has 2 saturated heterocycles. The zero-order valence-corrected chi connectivity index (χ0v) is 14.8. The second-order valence-electron chi connectivity index (χ2n) is 6.60. The number of hydrogen-bond donors (Lipinski definition) is 1. The van der Waals surface area contributed by atoms with Gasteiger partial charge in [-0.1, -0.05) is 12.1 Å². The monoisotopic (exact) mass is 347 g/mol. The lowest BCUT2D eigenvalue weighted by molar-refractivity contribution is 0.170. The molecule has 24 heavy (non-hydrogen) atoms. The Labute approximate surface area is 150 Å². The molecule has 0 bridgehead atoms. The van der Waals surface area contributed by atoms with Gasteiger partial charge in [0.25, 0.3) is 0 Å². The van der Waals surface area contributed by atoms with Crippen molar-refractivity contribution in [2.75, 3.05) is 39.3 Å². The standard InChI is InChI=1S/C18H25N5.ClH/c1-3-17(23-12-8-20-15-23)4-2-16(1)13-21-9-5-18(14-21)22-10-6-19-7-11-22;/h1-4,8,12,15,18-19H,5-7,9-11,13-14H2;1H. The van der Waals surface area contributed by atoms with Crippen molar-refractivity contribution < 1.29 is 0 Å². The number of aromatic nitrogens is 2. The van der Waals surface area contributed by atoms with E-state index in [1.807, 2.05) is 23.3 Å². The van der Waals surface area contributed by atoms with Crippen LogP contribution in [0.5, 0.6) is 0 Å². The van der Waals surface area contributed by atoms with Gasteiger partial charge in [0.1, 0.15) is 0 Å². The minimum absolute atomic E-state index is 0. The smallest absolute Gasteiger partial charge is 0.0991 e. The second-order valence-corrected chi connectivity index (χ2v) is 6.60. The molecule has 1 aromatic carbocycles. The van der Waals surface area contributed by atoms with Crippen LogP contribution >= 0.6 is 12.4 Å². The van der Waals surface area contributed by atoms with Gasteiger partial charge in [0.15, 0.2) is 0 Å². The predicted molar refractivity (Wildman–Crippen MR) is 98.9 cm³/mol. The van der Waals surface area contributed by atoms with Crippen LogP contribution in [0.4, 0.5) is 0 Å². The van der Waals surface area contributed by atoms with E-state index in [2.05, 4.69) is 44.4 Å². The average molecular weight is 348 g/mol. The number of nitrogens with zero attached hydrogens (tertiary/aromatic N) is 4. The van der Waals surface area contributed by atoms with E-state index < -0.39 is 0 Å². The van der Waals surface area contributed by atoms with E-state index >= 15 is 0 Å². The van der Waals surface area contributed by atoms with E-state index in [0.717, 1.165) is 25.7 Å². The van der Waals surface area contributed by atoms with E-state index in [4.69, 9.17) is 0 Å². The average Bonchev–Trinajstić information content (AvgIpc) is 3.28. The van der Waals surface area contributed by atoms with Gasteiger partial charge in [-0.2, -0.15) is 0 Å². The molecule has 1 N–H and O–H groups in total. The lowest BCUT2D eigenvalue weighted by Crippen LogP contribution is -2.49. The zero-order valence-electron chi connectivity index (χ0n) is 14.0. The molecule has 0 spiro atoms. The molecule has 0 amide bonds. The van der Waals surface area contributed by atoms with Crippen LogP contribution in [0.3, 0.4) is 0 Å². The fraction of sp³-hybridized carbons (Fsp3) is 0.500. The summed E-state index contributed by atoms with van der Waals surface area (Å²) in [5.74, 6) is 0. The fourth-order valence-corrected chi connectivity index (χ4v) is 3.74. The molecular formula is C18H26ClN5. The van der Waals surface area contributed by atoms with Gasteiger partial charge < -0.3 is 9.88 Å². The lowest BCUT2D eigenvalue weighted by Gasteiger charge is -2.32. The van der Waals surface area contributed by atoms with Crippen molar-refractivity contribution in [3.8, 4) is 5.69 Å². The molecule has 2 aliphatic heterocycles. The Hall–Kier alpha value is -1.40. The van der Waals surface area contributed by atoms with Gasteiger partial charge in [-0.05, 0) is 24.1 Å². The number of hydrogen-bond acceptors (Lipinski definition) is 4. The van der Waals surface area contributed by atoms with Crippen LogP contribution in [0.2, 0.25) is 0 Å². The Morgan fingerprint density at radius 3 is 2.58 bits per heavy atom. The van der Waals surface area contributed by atoms with Crippen molar-refractivity contribution in [2.24, 2.45) is 0 Å². The molecule has 1 unspecified atom stereocenters. The van der Waals surface area contributed by atoms with Crippen LogP contribution in [0.1, 0.15) is 12.0 Å². The number of benzene rings is 1. The summed E-state index contributed by atoms with van der Waals surface area (Å²) < 4.78 is 2.04. The molecule has 1 aromatic heterocycles. The largest absolute Gasteiger partial charge is 0.314 e. The third-order valence-electron chi connectivity index (χ3n) is 5.06. The normalized spacial score (nSPS) is 22.4. The number of nitrogens with one attached hydrogen (secondary N) is 1. The third-order valence-corrected chi connectivity index (χ3v) is 5.06. The topological polar surface area (TPSA) is 36.3 Å². The first-order chi connectivity index (χ1) is 11.4. The van der Waals surface area contributed by atoms with Crippen LogP contribution in [0.15, 0.2) is 43.0 Å². The third kappa shape index (κ3) is 3.98. The Morgan fingerprint density at radius 2 is 1.88 bits per heavy atom. The molecule has 5 nitrogen and oxygen atoms in total. The lowest BCUT2D eigenvalue weighted by atomic mass is 10.2.